The smallest absolute Gasteiger partial charge is 0.192 e. The predicted molar refractivity (Wildman–Crippen MR) is 112 cm³/mol. The van der Waals surface area contributed by atoms with Crippen LogP contribution in [0.4, 0.5) is 4.39 Å². The van der Waals surface area contributed by atoms with Crippen LogP contribution in [0.5, 0.6) is 5.75 Å². The standard InChI is InChI=1S/C21H19ClFN3O2S/c1-3-11-26-19(13-28-18-10-5-4-9-17(18)23)24-25-21(26)29-14(2)20(27)15-7-6-8-16(22)12-15/h3-10,12,14H,1,11,13H2,2H3. The second-order valence-corrected chi connectivity index (χ2v) is 7.90. The first kappa shape index (κ1) is 21.1. The molecule has 3 aromatic rings. The number of hydrogen-bond donors (Lipinski definition) is 0. The maximum atomic E-state index is 13.8. The van der Waals surface area contributed by atoms with Gasteiger partial charge in [-0.1, -0.05) is 53.7 Å². The maximum Gasteiger partial charge on any atom is 0.192 e. The second-order valence-electron chi connectivity index (χ2n) is 6.15. The van der Waals surface area contributed by atoms with Gasteiger partial charge in [0.1, 0.15) is 6.61 Å². The van der Waals surface area contributed by atoms with Crippen molar-refractivity contribution in [3.05, 3.63) is 83.4 Å². The highest BCUT2D eigenvalue weighted by Crippen LogP contribution is 2.26. The molecule has 0 spiro atoms. The molecule has 29 heavy (non-hydrogen) atoms. The van der Waals surface area contributed by atoms with Gasteiger partial charge in [-0.2, -0.15) is 0 Å². The minimum absolute atomic E-state index is 0.0406. The zero-order chi connectivity index (χ0) is 20.8. The van der Waals surface area contributed by atoms with Crippen molar-refractivity contribution < 1.29 is 13.9 Å². The number of benzene rings is 2. The third-order valence-corrected chi connectivity index (χ3v) is 5.37. The van der Waals surface area contributed by atoms with Crippen molar-refractivity contribution in [3.63, 3.8) is 0 Å². The van der Waals surface area contributed by atoms with Gasteiger partial charge in [0, 0.05) is 17.1 Å². The molecule has 0 aliphatic rings. The highest BCUT2D eigenvalue weighted by Gasteiger charge is 2.21. The molecule has 5 nitrogen and oxygen atoms in total. The number of thioether (sulfide) groups is 1. The molecule has 8 heteroatoms. The lowest BCUT2D eigenvalue weighted by Gasteiger charge is -2.12. The molecule has 0 radical (unpaired) electrons. The Kier molecular flexibility index (Phi) is 7.06. The van der Waals surface area contributed by atoms with Crippen LogP contribution in [0.25, 0.3) is 0 Å². The van der Waals surface area contributed by atoms with E-state index in [9.17, 15) is 9.18 Å². The van der Waals surface area contributed by atoms with Crippen LogP contribution in [-0.4, -0.2) is 25.8 Å². The fraction of sp³-hybridized carbons (Fsp3) is 0.190. The molecule has 0 fully saturated rings. The van der Waals surface area contributed by atoms with Gasteiger partial charge >= 0.3 is 0 Å². The number of rotatable bonds is 9. The van der Waals surface area contributed by atoms with Crippen molar-refractivity contribution >= 4 is 29.1 Å². The first-order valence-electron chi connectivity index (χ1n) is 8.86. The molecule has 0 saturated heterocycles. The number of hydrogen-bond acceptors (Lipinski definition) is 5. The quantitative estimate of drug-likeness (QED) is 0.265. The molecule has 0 bridgehead atoms. The molecular weight excluding hydrogens is 413 g/mol. The zero-order valence-electron chi connectivity index (χ0n) is 15.7. The average Bonchev–Trinajstić information content (AvgIpc) is 3.08. The molecule has 1 atom stereocenters. The molecule has 0 amide bonds. The lowest BCUT2D eigenvalue weighted by Crippen LogP contribution is -2.15. The minimum atomic E-state index is -0.447. The van der Waals surface area contributed by atoms with Crippen LogP contribution in [0.15, 0.2) is 66.3 Å². The van der Waals surface area contributed by atoms with E-state index in [0.29, 0.717) is 28.1 Å². The summed E-state index contributed by atoms with van der Waals surface area (Å²) in [4.78, 5) is 12.7. The van der Waals surface area contributed by atoms with Crippen LogP contribution >= 0.6 is 23.4 Å². The third kappa shape index (κ3) is 5.25. The number of allylic oxidation sites excluding steroid dienone is 1. The Morgan fingerprint density at radius 2 is 2.10 bits per heavy atom. The highest BCUT2D eigenvalue weighted by atomic mass is 35.5. The van der Waals surface area contributed by atoms with Gasteiger partial charge in [0.25, 0.3) is 0 Å². The summed E-state index contributed by atoms with van der Waals surface area (Å²) in [5, 5.41) is 8.99. The molecule has 1 heterocycles. The second kappa shape index (κ2) is 9.71. The zero-order valence-corrected chi connectivity index (χ0v) is 17.3. The lowest BCUT2D eigenvalue weighted by molar-refractivity contribution is 0.0994. The van der Waals surface area contributed by atoms with Crippen molar-refractivity contribution in [1.82, 2.24) is 14.8 Å². The Bertz CT molecular complexity index is 1020. The van der Waals surface area contributed by atoms with Gasteiger partial charge in [0.2, 0.25) is 0 Å². The van der Waals surface area contributed by atoms with Crippen LogP contribution in [0.3, 0.4) is 0 Å². The topological polar surface area (TPSA) is 57.0 Å². The Labute approximate surface area is 177 Å². The number of carbonyl (C=O) groups is 1. The Balaban J connectivity index is 1.74. The third-order valence-electron chi connectivity index (χ3n) is 4.06. The lowest BCUT2D eigenvalue weighted by atomic mass is 10.1. The summed E-state index contributed by atoms with van der Waals surface area (Å²) < 4.78 is 21.1. The van der Waals surface area contributed by atoms with Crippen LogP contribution in [-0.2, 0) is 13.2 Å². The Hall–Kier alpha value is -2.64. The van der Waals surface area contributed by atoms with Crippen molar-refractivity contribution in [1.29, 1.82) is 0 Å². The molecule has 1 aromatic heterocycles. The number of nitrogens with zero attached hydrogens (tertiary/aromatic N) is 3. The summed E-state index contributed by atoms with van der Waals surface area (Å²) in [6.45, 7) is 6.03. The first-order chi connectivity index (χ1) is 14.0. The molecule has 0 aliphatic heterocycles. The van der Waals surface area contributed by atoms with Crippen LogP contribution in [0.1, 0.15) is 23.1 Å². The van der Waals surface area contributed by atoms with E-state index in [0.717, 1.165) is 0 Å². The SMILES string of the molecule is C=CCn1c(COc2ccccc2F)nnc1SC(C)C(=O)c1cccc(Cl)c1. The Morgan fingerprint density at radius 3 is 2.83 bits per heavy atom. The average molecular weight is 432 g/mol. The van der Waals surface area contributed by atoms with E-state index in [1.54, 1.807) is 60.0 Å². The van der Waals surface area contributed by atoms with E-state index in [-0.39, 0.29) is 18.1 Å². The molecule has 0 aliphatic carbocycles. The molecule has 0 N–H and O–H groups in total. The first-order valence-corrected chi connectivity index (χ1v) is 10.1. The minimum Gasteiger partial charge on any atom is -0.483 e. The van der Waals surface area contributed by atoms with Gasteiger partial charge in [0.05, 0.1) is 5.25 Å². The van der Waals surface area contributed by atoms with Gasteiger partial charge in [-0.25, -0.2) is 4.39 Å². The van der Waals surface area contributed by atoms with E-state index in [2.05, 4.69) is 16.8 Å². The summed E-state index contributed by atoms with van der Waals surface area (Å²) in [5.74, 6) is 0.143. The van der Waals surface area contributed by atoms with Crippen molar-refractivity contribution in [3.8, 4) is 5.75 Å². The van der Waals surface area contributed by atoms with Crippen LogP contribution < -0.4 is 4.74 Å². The molecule has 1 unspecified atom stereocenters. The van der Waals surface area contributed by atoms with E-state index >= 15 is 0 Å². The molecular formula is C21H19ClFN3O2S. The van der Waals surface area contributed by atoms with Gasteiger partial charge < -0.3 is 4.74 Å². The molecule has 0 saturated carbocycles. The Morgan fingerprint density at radius 1 is 1.31 bits per heavy atom. The van der Waals surface area contributed by atoms with Gasteiger partial charge in [-0.05, 0) is 31.2 Å². The number of ketones is 1. The normalized spacial score (nSPS) is 11.8. The fourth-order valence-electron chi connectivity index (χ4n) is 2.62. The molecule has 150 valence electrons. The monoisotopic (exact) mass is 431 g/mol. The van der Waals surface area contributed by atoms with Crippen LogP contribution in [0.2, 0.25) is 5.02 Å². The van der Waals surface area contributed by atoms with Crippen molar-refractivity contribution in [2.24, 2.45) is 0 Å². The summed E-state index contributed by atoms with van der Waals surface area (Å²) in [5.41, 5.74) is 0.537. The van der Waals surface area contributed by atoms with Crippen LogP contribution in [0, 0.1) is 5.82 Å². The number of carbonyl (C=O) groups excluding carboxylic acids is 1. The number of ether oxygens (including phenoxy) is 1. The molecule has 3 rings (SSSR count). The highest BCUT2D eigenvalue weighted by molar-refractivity contribution is 8.00. The summed E-state index contributed by atoms with van der Waals surface area (Å²) in [7, 11) is 0. The van der Waals surface area contributed by atoms with Gasteiger partial charge in [-0.15, -0.1) is 16.8 Å². The van der Waals surface area contributed by atoms with E-state index in [4.69, 9.17) is 16.3 Å². The largest absolute Gasteiger partial charge is 0.483 e. The van der Waals surface area contributed by atoms with Gasteiger partial charge in [0.15, 0.2) is 28.3 Å². The van der Waals surface area contributed by atoms with Crippen molar-refractivity contribution in [2.45, 2.75) is 30.5 Å². The fourth-order valence-corrected chi connectivity index (χ4v) is 3.76. The number of para-hydroxylation sites is 1. The van der Waals surface area contributed by atoms with E-state index in [1.165, 1.54) is 17.8 Å². The van der Waals surface area contributed by atoms with E-state index < -0.39 is 11.1 Å². The van der Waals surface area contributed by atoms with Crippen molar-refractivity contribution in [2.75, 3.05) is 0 Å². The summed E-state index contributed by atoms with van der Waals surface area (Å²) in [6, 6.07) is 13.0. The van der Waals surface area contributed by atoms with Gasteiger partial charge in [-0.3, -0.25) is 9.36 Å². The van der Waals surface area contributed by atoms with E-state index in [1.807, 2.05) is 0 Å². The maximum absolute atomic E-state index is 13.8. The summed E-state index contributed by atoms with van der Waals surface area (Å²) >= 11 is 7.27. The number of halogens is 2. The number of Topliss-reactive ketones (excluding diaryl/α,β-unsaturated/α-hetero) is 1. The predicted octanol–water partition coefficient (Wildman–Crippen LogP) is 5.20. The summed E-state index contributed by atoms with van der Waals surface area (Å²) in [6.07, 6.45) is 1.70. The number of aromatic nitrogens is 3. The molecule has 2 aromatic carbocycles.